The van der Waals surface area contributed by atoms with Crippen LogP contribution >= 0.6 is 11.8 Å². The summed E-state index contributed by atoms with van der Waals surface area (Å²) in [6.07, 6.45) is 2.41. The summed E-state index contributed by atoms with van der Waals surface area (Å²) in [5.41, 5.74) is 5.36. The summed E-state index contributed by atoms with van der Waals surface area (Å²) in [5, 5.41) is 4.32. The van der Waals surface area contributed by atoms with Crippen LogP contribution in [0.25, 0.3) is 0 Å². The molecule has 0 aliphatic carbocycles. The van der Waals surface area contributed by atoms with Gasteiger partial charge in [-0.25, -0.2) is 0 Å². The highest BCUT2D eigenvalue weighted by molar-refractivity contribution is 7.99. The van der Waals surface area contributed by atoms with Crippen LogP contribution in [-0.4, -0.2) is 15.9 Å². The quantitative estimate of drug-likeness (QED) is 0.747. The van der Waals surface area contributed by atoms with Gasteiger partial charge in [-0.1, -0.05) is 5.16 Å². The molecule has 4 nitrogen and oxygen atoms in total. The largest absolute Gasteiger partial charge is 0.338 e. The Bertz CT molecular complexity index is 257. The zero-order valence-corrected chi connectivity index (χ0v) is 7.51. The molecule has 2 N–H and O–H groups in total. The maximum atomic E-state index is 5.36. The van der Waals surface area contributed by atoms with E-state index in [2.05, 4.69) is 10.1 Å². The Labute approximate surface area is 74.9 Å². The van der Waals surface area contributed by atoms with E-state index in [9.17, 15) is 0 Å². The average molecular weight is 185 g/mol. The Hall–Kier alpha value is -0.550. The van der Waals surface area contributed by atoms with E-state index in [0.29, 0.717) is 17.7 Å². The lowest BCUT2D eigenvalue weighted by molar-refractivity contribution is 0.374. The first-order valence-electron chi connectivity index (χ1n) is 4.04. The second kappa shape index (κ2) is 3.45. The smallest absolute Gasteiger partial charge is 0.240 e. The number of rotatable bonds is 2. The zero-order chi connectivity index (χ0) is 8.39. The fourth-order valence-corrected chi connectivity index (χ4v) is 2.46. The molecule has 1 unspecified atom stereocenters. The van der Waals surface area contributed by atoms with Gasteiger partial charge >= 0.3 is 0 Å². The predicted molar refractivity (Wildman–Crippen MR) is 46.6 cm³/mol. The molecular formula is C7H11N3OS. The molecule has 0 radical (unpaired) electrons. The molecule has 0 aromatic carbocycles. The van der Waals surface area contributed by atoms with Gasteiger partial charge in [0.05, 0.1) is 11.8 Å². The van der Waals surface area contributed by atoms with Crippen molar-refractivity contribution >= 4 is 11.8 Å². The number of nitrogens with zero attached hydrogens (tertiary/aromatic N) is 2. The van der Waals surface area contributed by atoms with Crippen molar-refractivity contribution in [3.05, 3.63) is 11.7 Å². The van der Waals surface area contributed by atoms with Crippen molar-refractivity contribution in [2.75, 3.05) is 5.75 Å². The third-order valence-electron chi connectivity index (χ3n) is 1.88. The lowest BCUT2D eigenvalue weighted by atomic mass is 10.2. The first-order chi connectivity index (χ1) is 5.90. The van der Waals surface area contributed by atoms with Crippen molar-refractivity contribution in [3.63, 3.8) is 0 Å². The molecule has 1 aromatic heterocycles. The van der Waals surface area contributed by atoms with Crippen molar-refractivity contribution in [2.24, 2.45) is 5.73 Å². The first kappa shape index (κ1) is 8.07. The summed E-state index contributed by atoms with van der Waals surface area (Å²) < 4.78 is 4.93. The lowest BCUT2D eigenvalue weighted by Gasteiger charge is -1.98. The van der Waals surface area contributed by atoms with Crippen LogP contribution in [0.4, 0.5) is 0 Å². The van der Waals surface area contributed by atoms with Crippen LogP contribution in [0.15, 0.2) is 4.52 Å². The fraction of sp³-hybridized carbons (Fsp3) is 0.714. The first-order valence-corrected chi connectivity index (χ1v) is 5.09. The Morgan fingerprint density at radius 3 is 3.17 bits per heavy atom. The molecule has 1 aliphatic rings. The van der Waals surface area contributed by atoms with Gasteiger partial charge in [0.15, 0.2) is 5.82 Å². The monoisotopic (exact) mass is 185 g/mol. The normalized spacial score (nSPS) is 23.2. The van der Waals surface area contributed by atoms with Crippen LogP contribution in [0, 0.1) is 0 Å². The molecule has 1 saturated heterocycles. The average Bonchev–Trinajstić information content (AvgIpc) is 2.75. The van der Waals surface area contributed by atoms with Gasteiger partial charge < -0.3 is 10.3 Å². The van der Waals surface area contributed by atoms with E-state index in [-0.39, 0.29) is 0 Å². The van der Waals surface area contributed by atoms with Crippen molar-refractivity contribution in [1.29, 1.82) is 0 Å². The number of hydrogen-bond donors (Lipinski definition) is 1. The van der Waals surface area contributed by atoms with Gasteiger partial charge in [0.25, 0.3) is 0 Å². The summed E-state index contributed by atoms with van der Waals surface area (Å²) in [6, 6.07) is 0. The van der Waals surface area contributed by atoms with E-state index in [4.69, 9.17) is 10.3 Å². The number of aromatic nitrogens is 2. The summed E-state index contributed by atoms with van der Waals surface area (Å²) in [6.45, 7) is 0.338. The molecule has 0 spiro atoms. The van der Waals surface area contributed by atoms with Crippen LogP contribution in [0.3, 0.4) is 0 Å². The Morgan fingerprint density at radius 1 is 1.67 bits per heavy atom. The van der Waals surface area contributed by atoms with Gasteiger partial charge in [0.2, 0.25) is 5.89 Å². The molecule has 66 valence electrons. The molecule has 0 amide bonds. The molecule has 2 heterocycles. The molecule has 1 fully saturated rings. The molecule has 5 heteroatoms. The summed E-state index contributed by atoms with van der Waals surface area (Å²) in [4.78, 5) is 4.19. The minimum Gasteiger partial charge on any atom is -0.338 e. The fourth-order valence-electron chi connectivity index (χ4n) is 1.26. The van der Waals surface area contributed by atoms with E-state index >= 15 is 0 Å². The Balaban J connectivity index is 2.11. The molecule has 0 bridgehead atoms. The molecule has 2 rings (SSSR count). The molecular weight excluding hydrogens is 174 g/mol. The van der Waals surface area contributed by atoms with Crippen LogP contribution < -0.4 is 5.73 Å². The maximum absolute atomic E-state index is 5.36. The van der Waals surface area contributed by atoms with Crippen molar-refractivity contribution in [1.82, 2.24) is 10.1 Å². The van der Waals surface area contributed by atoms with Crippen LogP contribution in [0.1, 0.15) is 29.8 Å². The van der Waals surface area contributed by atoms with E-state index in [1.165, 1.54) is 12.2 Å². The molecule has 0 saturated carbocycles. The number of thioether (sulfide) groups is 1. The molecule has 1 aromatic rings. The predicted octanol–water partition coefficient (Wildman–Crippen LogP) is 1.10. The summed E-state index contributed by atoms with van der Waals surface area (Å²) >= 11 is 1.89. The van der Waals surface area contributed by atoms with Gasteiger partial charge in [-0.15, -0.1) is 0 Å². The third kappa shape index (κ3) is 1.47. The highest BCUT2D eigenvalue weighted by atomic mass is 32.2. The van der Waals surface area contributed by atoms with Gasteiger partial charge in [-0.3, -0.25) is 0 Å². The van der Waals surface area contributed by atoms with E-state index in [1.807, 2.05) is 11.8 Å². The van der Waals surface area contributed by atoms with Crippen LogP contribution in [0.2, 0.25) is 0 Å². The molecule has 1 atom stereocenters. The SMILES string of the molecule is NCc1nc(C2CCCS2)no1. The van der Waals surface area contributed by atoms with Crippen molar-refractivity contribution < 1.29 is 4.52 Å². The van der Waals surface area contributed by atoms with Crippen molar-refractivity contribution in [2.45, 2.75) is 24.6 Å². The van der Waals surface area contributed by atoms with Crippen LogP contribution in [0.5, 0.6) is 0 Å². The Kier molecular flexibility index (Phi) is 2.32. The Morgan fingerprint density at radius 2 is 2.58 bits per heavy atom. The highest BCUT2D eigenvalue weighted by Gasteiger charge is 2.22. The standard InChI is InChI=1S/C7H11N3OS/c8-4-6-9-7(10-11-6)5-2-1-3-12-5/h5H,1-4,8H2. The minimum atomic E-state index is 0.338. The van der Waals surface area contributed by atoms with Gasteiger partial charge in [0, 0.05) is 0 Å². The van der Waals surface area contributed by atoms with E-state index in [0.717, 1.165) is 12.2 Å². The highest BCUT2D eigenvalue weighted by Crippen LogP contribution is 2.38. The minimum absolute atomic E-state index is 0.338. The maximum Gasteiger partial charge on any atom is 0.240 e. The van der Waals surface area contributed by atoms with Gasteiger partial charge in [-0.05, 0) is 18.6 Å². The van der Waals surface area contributed by atoms with E-state index < -0.39 is 0 Å². The lowest BCUT2D eigenvalue weighted by Crippen LogP contribution is -1.97. The molecule has 1 aliphatic heterocycles. The van der Waals surface area contributed by atoms with Crippen LogP contribution in [-0.2, 0) is 6.54 Å². The number of hydrogen-bond acceptors (Lipinski definition) is 5. The number of nitrogens with two attached hydrogens (primary N) is 1. The van der Waals surface area contributed by atoms with Gasteiger partial charge in [0.1, 0.15) is 0 Å². The third-order valence-corrected chi connectivity index (χ3v) is 3.25. The second-order valence-corrected chi connectivity index (χ2v) is 4.06. The summed E-state index contributed by atoms with van der Waals surface area (Å²) in [7, 11) is 0. The molecule has 12 heavy (non-hydrogen) atoms. The zero-order valence-electron chi connectivity index (χ0n) is 6.69. The topological polar surface area (TPSA) is 64.9 Å². The second-order valence-electron chi connectivity index (χ2n) is 2.75. The van der Waals surface area contributed by atoms with Gasteiger partial charge in [-0.2, -0.15) is 16.7 Å². The van der Waals surface area contributed by atoms with E-state index in [1.54, 1.807) is 0 Å². The van der Waals surface area contributed by atoms with Crippen molar-refractivity contribution in [3.8, 4) is 0 Å². The summed E-state index contributed by atoms with van der Waals surface area (Å²) in [5.74, 6) is 2.56.